The number of carbonyl (C=O) groups is 2. The number of ether oxygens (including phenoxy) is 1. The fraction of sp³-hybridized carbons (Fsp3) is 0.429. The van der Waals surface area contributed by atoms with Crippen LogP contribution in [0.15, 0.2) is 24.3 Å². The molecule has 0 saturated heterocycles. The van der Waals surface area contributed by atoms with Crippen LogP contribution in [0.25, 0.3) is 0 Å². The van der Waals surface area contributed by atoms with E-state index in [-0.39, 0.29) is 11.8 Å². The predicted molar refractivity (Wildman–Crippen MR) is 73.8 cm³/mol. The van der Waals surface area contributed by atoms with Crippen molar-refractivity contribution in [1.82, 2.24) is 0 Å². The average Bonchev–Trinajstić information content (AvgIpc) is 2.44. The van der Waals surface area contributed by atoms with Crippen LogP contribution in [0.4, 0.5) is 5.69 Å². The third kappa shape index (κ3) is 4.06. The third-order valence-corrected chi connectivity index (χ3v) is 3.11. The smallest absolute Gasteiger partial charge is 0.337 e. The molecule has 0 radical (unpaired) electrons. The number of methoxy groups -OCH3 is 1. The summed E-state index contributed by atoms with van der Waals surface area (Å²) >= 11 is 0. The van der Waals surface area contributed by atoms with Gasteiger partial charge in [0.25, 0.3) is 0 Å². The van der Waals surface area contributed by atoms with Crippen molar-refractivity contribution in [2.24, 2.45) is 11.7 Å². The molecule has 0 saturated carbocycles. The monoisotopic (exact) mass is 264 g/mol. The van der Waals surface area contributed by atoms with E-state index >= 15 is 0 Å². The van der Waals surface area contributed by atoms with E-state index in [1.165, 1.54) is 7.11 Å². The van der Waals surface area contributed by atoms with Gasteiger partial charge in [-0.3, -0.25) is 4.79 Å². The van der Waals surface area contributed by atoms with E-state index in [0.29, 0.717) is 11.3 Å². The van der Waals surface area contributed by atoms with Gasteiger partial charge in [-0.15, -0.1) is 0 Å². The van der Waals surface area contributed by atoms with Gasteiger partial charge >= 0.3 is 5.97 Å². The van der Waals surface area contributed by atoms with Crippen LogP contribution in [0.3, 0.4) is 0 Å². The number of rotatable bonds is 5. The molecule has 5 heteroatoms. The molecule has 1 aromatic carbocycles. The zero-order valence-electron chi connectivity index (χ0n) is 11.5. The molecule has 0 fully saturated rings. The van der Waals surface area contributed by atoms with Gasteiger partial charge in [0, 0.05) is 5.69 Å². The van der Waals surface area contributed by atoms with Crippen molar-refractivity contribution < 1.29 is 14.3 Å². The van der Waals surface area contributed by atoms with E-state index in [2.05, 4.69) is 10.1 Å². The Kier molecular flexibility index (Phi) is 5.51. The van der Waals surface area contributed by atoms with Crippen LogP contribution < -0.4 is 11.1 Å². The summed E-state index contributed by atoms with van der Waals surface area (Å²) in [6.07, 6.45) is 0.830. The summed E-state index contributed by atoms with van der Waals surface area (Å²) in [4.78, 5) is 23.3. The first-order valence-electron chi connectivity index (χ1n) is 6.24. The van der Waals surface area contributed by atoms with Crippen molar-refractivity contribution in [3.8, 4) is 0 Å². The summed E-state index contributed by atoms with van der Waals surface area (Å²) < 4.78 is 4.62. The molecule has 19 heavy (non-hydrogen) atoms. The minimum absolute atomic E-state index is 0.101. The maximum atomic E-state index is 11.9. The molecule has 0 bridgehead atoms. The van der Waals surface area contributed by atoms with E-state index < -0.39 is 12.0 Å². The number of carbonyl (C=O) groups excluding carboxylic acids is 2. The maximum Gasteiger partial charge on any atom is 0.337 e. The molecular weight excluding hydrogens is 244 g/mol. The normalized spacial score (nSPS) is 13.5. The van der Waals surface area contributed by atoms with Crippen molar-refractivity contribution in [3.05, 3.63) is 29.8 Å². The molecule has 0 aliphatic heterocycles. The van der Waals surface area contributed by atoms with Crippen LogP contribution >= 0.6 is 0 Å². The minimum Gasteiger partial charge on any atom is -0.465 e. The molecule has 2 atom stereocenters. The van der Waals surface area contributed by atoms with E-state index in [0.717, 1.165) is 6.42 Å². The van der Waals surface area contributed by atoms with Crippen molar-refractivity contribution in [2.75, 3.05) is 12.4 Å². The van der Waals surface area contributed by atoms with Crippen LogP contribution in [-0.4, -0.2) is 25.0 Å². The molecule has 1 aromatic rings. The van der Waals surface area contributed by atoms with Crippen LogP contribution in [-0.2, 0) is 9.53 Å². The molecule has 3 N–H and O–H groups in total. The van der Waals surface area contributed by atoms with Gasteiger partial charge in [0.15, 0.2) is 0 Å². The van der Waals surface area contributed by atoms with Crippen LogP contribution in [0.5, 0.6) is 0 Å². The quantitative estimate of drug-likeness (QED) is 0.794. The molecule has 104 valence electrons. The summed E-state index contributed by atoms with van der Waals surface area (Å²) in [5, 5.41) is 2.70. The molecular formula is C14H20N2O3. The van der Waals surface area contributed by atoms with E-state index in [4.69, 9.17) is 5.73 Å². The summed E-state index contributed by atoms with van der Waals surface area (Å²) in [6.45, 7) is 3.91. The number of hydrogen-bond donors (Lipinski definition) is 2. The number of hydrogen-bond acceptors (Lipinski definition) is 4. The Bertz CT molecular complexity index is 460. The Labute approximate surface area is 113 Å². The Morgan fingerprint density at radius 3 is 2.68 bits per heavy atom. The highest BCUT2D eigenvalue weighted by Crippen LogP contribution is 2.13. The Morgan fingerprint density at radius 1 is 1.42 bits per heavy atom. The second kappa shape index (κ2) is 6.89. The number of esters is 1. The lowest BCUT2D eigenvalue weighted by atomic mass is 9.99. The summed E-state index contributed by atoms with van der Waals surface area (Å²) in [7, 11) is 1.31. The number of anilines is 1. The first-order valence-corrected chi connectivity index (χ1v) is 6.24. The highest BCUT2D eigenvalue weighted by atomic mass is 16.5. The van der Waals surface area contributed by atoms with E-state index in [9.17, 15) is 9.59 Å². The molecule has 0 heterocycles. The number of nitrogens with two attached hydrogens (primary N) is 1. The highest BCUT2D eigenvalue weighted by Gasteiger charge is 2.19. The molecule has 5 nitrogen and oxygen atoms in total. The van der Waals surface area contributed by atoms with Crippen LogP contribution in [0.1, 0.15) is 30.6 Å². The van der Waals surface area contributed by atoms with E-state index in [1.54, 1.807) is 24.3 Å². The topological polar surface area (TPSA) is 81.4 Å². The Morgan fingerprint density at radius 2 is 2.11 bits per heavy atom. The number of nitrogens with one attached hydrogen (secondary N) is 1. The second-order valence-corrected chi connectivity index (χ2v) is 4.47. The van der Waals surface area contributed by atoms with Gasteiger partial charge < -0.3 is 15.8 Å². The average molecular weight is 264 g/mol. The van der Waals surface area contributed by atoms with Gasteiger partial charge in [-0.2, -0.15) is 0 Å². The first-order chi connectivity index (χ1) is 8.99. The molecule has 1 amide bonds. The third-order valence-electron chi connectivity index (χ3n) is 3.11. The maximum absolute atomic E-state index is 11.9. The molecule has 1 rings (SSSR count). The van der Waals surface area contributed by atoms with Crippen molar-refractivity contribution in [1.29, 1.82) is 0 Å². The zero-order chi connectivity index (χ0) is 14.4. The lowest BCUT2D eigenvalue weighted by molar-refractivity contribution is -0.118. The summed E-state index contributed by atoms with van der Waals surface area (Å²) in [5.74, 6) is -0.595. The zero-order valence-corrected chi connectivity index (χ0v) is 11.5. The van der Waals surface area contributed by atoms with Gasteiger partial charge in [-0.25, -0.2) is 4.79 Å². The number of benzene rings is 1. The number of amides is 1. The van der Waals surface area contributed by atoms with Crippen molar-refractivity contribution in [2.45, 2.75) is 26.3 Å². The standard InChI is InChI=1S/C14H20N2O3/c1-4-9(2)12(15)13(17)16-11-7-5-6-10(8-11)14(18)19-3/h5-9,12H,4,15H2,1-3H3,(H,16,17)/t9?,12-/m0/s1. The second-order valence-electron chi connectivity index (χ2n) is 4.47. The highest BCUT2D eigenvalue weighted by molar-refractivity contribution is 5.96. The lowest BCUT2D eigenvalue weighted by Crippen LogP contribution is -2.40. The molecule has 1 unspecified atom stereocenters. The van der Waals surface area contributed by atoms with Crippen LogP contribution in [0.2, 0.25) is 0 Å². The minimum atomic E-state index is -0.563. The molecule has 0 aromatic heterocycles. The van der Waals surface area contributed by atoms with Crippen molar-refractivity contribution >= 4 is 17.6 Å². The van der Waals surface area contributed by atoms with E-state index in [1.807, 2.05) is 13.8 Å². The largest absolute Gasteiger partial charge is 0.465 e. The first kappa shape index (κ1) is 15.2. The summed E-state index contributed by atoms with van der Waals surface area (Å²) in [5.41, 5.74) is 6.76. The SMILES string of the molecule is CCC(C)[C@H](N)C(=O)Nc1cccc(C(=O)OC)c1. The fourth-order valence-corrected chi connectivity index (χ4v) is 1.58. The Balaban J connectivity index is 2.77. The fourth-order valence-electron chi connectivity index (χ4n) is 1.58. The molecule has 0 aliphatic rings. The lowest BCUT2D eigenvalue weighted by Gasteiger charge is -2.17. The Hall–Kier alpha value is -1.88. The van der Waals surface area contributed by atoms with Crippen LogP contribution in [0, 0.1) is 5.92 Å². The predicted octanol–water partition coefficient (Wildman–Crippen LogP) is 1.79. The summed E-state index contributed by atoms with van der Waals surface area (Å²) in [6, 6.07) is 6.00. The van der Waals surface area contributed by atoms with Gasteiger partial charge in [0.2, 0.25) is 5.91 Å². The molecule has 0 spiro atoms. The van der Waals surface area contributed by atoms with Gasteiger partial charge in [0.05, 0.1) is 18.7 Å². The van der Waals surface area contributed by atoms with Gasteiger partial charge in [0.1, 0.15) is 0 Å². The van der Waals surface area contributed by atoms with Crippen molar-refractivity contribution in [3.63, 3.8) is 0 Å². The molecule has 0 aliphatic carbocycles. The van der Waals surface area contributed by atoms with Gasteiger partial charge in [-0.1, -0.05) is 26.3 Å². The van der Waals surface area contributed by atoms with Gasteiger partial charge in [-0.05, 0) is 24.1 Å².